The highest BCUT2D eigenvalue weighted by molar-refractivity contribution is 14.0. The first-order valence-electron chi connectivity index (χ1n) is 8.97. The molecule has 1 aliphatic heterocycles. The Kier molecular flexibility index (Phi) is 11.6. The molecule has 0 spiro atoms. The van der Waals surface area contributed by atoms with Crippen LogP contribution >= 0.6 is 35.3 Å². The van der Waals surface area contributed by atoms with Gasteiger partial charge in [0.1, 0.15) is 0 Å². The van der Waals surface area contributed by atoms with Crippen LogP contribution < -0.4 is 10.6 Å². The number of halogens is 1. The zero-order chi connectivity index (χ0) is 17.9. The van der Waals surface area contributed by atoms with Gasteiger partial charge in [-0.1, -0.05) is 19.3 Å². The van der Waals surface area contributed by atoms with Gasteiger partial charge in [-0.3, -0.25) is 9.79 Å². The molecule has 2 rings (SSSR count). The number of thiazole rings is 1. The van der Waals surface area contributed by atoms with Crippen molar-refractivity contribution >= 4 is 52.4 Å². The normalized spacial score (nSPS) is 14.9. The second kappa shape index (κ2) is 13.1. The molecule has 0 saturated carbocycles. The van der Waals surface area contributed by atoms with Gasteiger partial charge in [0.05, 0.1) is 7.11 Å². The van der Waals surface area contributed by atoms with Crippen molar-refractivity contribution in [1.82, 2.24) is 9.88 Å². The molecule has 26 heavy (non-hydrogen) atoms. The molecule has 2 N–H and O–H groups in total. The number of piperazine rings is 1. The number of aromatic nitrogens is 1. The predicted molar refractivity (Wildman–Crippen MR) is 118 cm³/mol. The highest BCUT2D eigenvalue weighted by Crippen LogP contribution is 2.18. The largest absolute Gasteiger partial charge is 0.469 e. The minimum atomic E-state index is -0.118. The Bertz CT molecular complexity index is 533. The van der Waals surface area contributed by atoms with Crippen LogP contribution in [-0.2, 0) is 9.53 Å². The number of carbonyl (C=O) groups is 1. The standard InChI is InChI=1S/C17H29N5O2S.HI/c1-24-15(23)7-5-3-2-4-6-8-19-16(18)21-10-12-22(13-11-21)17-20-9-14-25-17;/h9,14H,2-8,10-13H2,1H3,(H2,18,19);1H. The molecule has 0 aliphatic carbocycles. The predicted octanol–water partition coefficient (Wildman–Crippen LogP) is 2.71. The molecule has 0 atom stereocenters. The number of nitrogens with two attached hydrogens (primary N) is 1. The average molecular weight is 495 g/mol. The van der Waals surface area contributed by atoms with E-state index in [9.17, 15) is 4.79 Å². The van der Waals surface area contributed by atoms with Crippen LogP contribution in [0.25, 0.3) is 0 Å². The topological polar surface area (TPSA) is 84.0 Å². The number of guanidine groups is 1. The quantitative estimate of drug-likeness (QED) is 0.187. The molecule has 0 unspecified atom stereocenters. The van der Waals surface area contributed by atoms with E-state index in [0.717, 1.165) is 70.0 Å². The van der Waals surface area contributed by atoms with Crippen molar-refractivity contribution in [3.8, 4) is 0 Å². The van der Waals surface area contributed by atoms with Crippen molar-refractivity contribution in [3.63, 3.8) is 0 Å². The molecule has 0 amide bonds. The lowest BCUT2D eigenvalue weighted by Gasteiger charge is -2.35. The summed E-state index contributed by atoms with van der Waals surface area (Å²) in [4.78, 5) is 24.3. The second-order valence-corrected chi connectivity index (χ2v) is 7.00. The van der Waals surface area contributed by atoms with Crippen LogP contribution in [-0.4, -0.2) is 61.6 Å². The Hall–Kier alpha value is -1.10. The van der Waals surface area contributed by atoms with Crippen molar-refractivity contribution in [2.24, 2.45) is 10.7 Å². The first-order chi connectivity index (χ1) is 12.2. The summed E-state index contributed by atoms with van der Waals surface area (Å²) in [5.41, 5.74) is 6.12. The maximum atomic E-state index is 11.0. The summed E-state index contributed by atoms with van der Waals surface area (Å²) in [7, 11) is 1.43. The lowest BCUT2D eigenvalue weighted by molar-refractivity contribution is -0.140. The van der Waals surface area contributed by atoms with Crippen LogP contribution in [0.2, 0.25) is 0 Å². The molecule has 0 radical (unpaired) electrons. The SMILES string of the molecule is COC(=O)CCCCCCCN=C(N)N1CCN(c2nccs2)CC1.I. The molecule has 0 aromatic carbocycles. The lowest BCUT2D eigenvalue weighted by Crippen LogP contribution is -2.51. The number of methoxy groups -OCH3 is 1. The van der Waals surface area contributed by atoms with Gasteiger partial charge in [0.25, 0.3) is 0 Å². The van der Waals surface area contributed by atoms with Crippen molar-refractivity contribution in [2.45, 2.75) is 38.5 Å². The summed E-state index contributed by atoms with van der Waals surface area (Å²) in [6, 6.07) is 0. The summed E-state index contributed by atoms with van der Waals surface area (Å²) >= 11 is 1.68. The monoisotopic (exact) mass is 495 g/mol. The van der Waals surface area contributed by atoms with Crippen LogP contribution in [0.5, 0.6) is 0 Å². The summed E-state index contributed by atoms with van der Waals surface area (Å²) < 4.78 is 4.63. The molecule has 1 fully saturated rings. The number of esters is 1. The van der Waals surface area contributed by atoms with Crippen LogP contribution in [0.1, 0.15) is 38.5 Å². The summed E-state index contributed by atoms with van der Waals surface area (Å²) in [6.45, 7) is 4.42. The zero-order valence-electron chi connectivity index (χ0n) is 15.4. The number of hydrogen-bond acceptors (Lipinski definition) is 6. The van der Waals surface area contributed by atoms with Gasteiger partial charge >= 0.3 is 5.97 Å². The van der Waals surface area contributed by atoms with E-state index >= 15 is 0 Å². The van der Waals surface area contributed by atoms with E-state index in [2.05, 4.69) is 24.5 Å². The van der Waals surface area contributed by atoms with Gasteiger partial charge < -0.3 is 20.3 Å². The van der Waals surface area contributed by atoms with E-state index in [-0.39, 0.29) is 29.9 Å². The van der Waals surface area contributed by atoms with Crippen molar-refractivity contribution in [3.05, 3.63) is 11.6 Å². The molecule has 148 valence electrons. The first-order valence-corrected chi connectivity index (χ1v) is 9.85. The molecule has 2 heterocycles. The zero-order valence-corrected chi connectivity index (χ0v) is 18.6. The number of anilines is 1. The average Bonchev–Trinajstić information content (AvgIpc) is 3.18. The second-order valence-electron chi connectivity index (χ2n) is 6.12. The van der Waals surface area contributed by atoms with Gasteiger partial charge in [0.15, 0.2) is 11.1 Å². The summed E-state index contributed by atoms with van der Waals surface area (Å²) in [5.74, 6) is 0.539. The van der Waals surface area contributed by atoms with Gasteiger partial charge in [-0.2, -0.15) is 0 Å². The number of nitrogens with zero attached hydrogens (tertiary/aromatic N) is 4. The first kappa shape index (κ1) is 22.9. The number of ether oxygens (including phenoxy) is 1. The smallest absolute Gasteiger partial charge is 0.305 e. The third-order valence-corrected chi connectivity index (χ3v) is 5.17. The number of unbranched alkanes of at least 4 members (excludes halogenated alkanes) is 4. The van der Waals surface area contributed by atoms with Crippen LogP contribution in [0.15, 0.2) is 16.6 Å². The van der Waals surface area contributed by atoms with Crippen LogP contribution in [0, 0.1) is 0 Å². The molecular weight excluding hydrogens is 465 g/mol. The molecule has 0 bridgehead atoms. The van der Waals surface area contributed by atoms with Gasteiger partial charge in [-0.15, -0.1) is 35.3 Å². The molecule has 1 saturated heterocycles. The van der Waals surface area contributed by atoms with Crippen molar-refractivity contribution in [2.75, 3.05) is 44.7 Å². The minimum absolute atomic E-state index is 0. The number of carbonyl (C=O) groups excluding carboxylic acids is 1. The molecule has 7 nitrogen and oxygen atoms in total. The van der Waals surface area contributed by atoms with E-state index < -0.39 is 0 Å². The van der Waals surface area contributed by atoms with E-state index in [1.807, 2.05) is 11.6 Å². The molecular formula is C17H30IN5O2S. The molecule has 1 aliphatic rings. The number of aliphatic imine (C=N–C) groups is 1. The fourth-order valence-corrected chi connectivity index (χ4v) is 3.50. The highest BCUT2D eigenvalue weighted by atomic mass is 127. The number of rotatable bonds is 9. The summed E-state index contributed by atoms with van der Waals surface area (Å²) in [6.07, 6.45) is 7.62. The molecule has 1 aromatic heterocycles. The van der Waals surface area contributed by atoms with Gasteiger partial charge in [-0.25, -0.2) is 4.98 Å². The Morgan fingerprint density at radius 1 is 1.23 bits per heavy atom. The maximum Gasteiger partial charge on any atom is 0.305 e. The van der Waals surface area contributed by atoms with E-state index in [1.54, 1.807) is 11.3 Å². The Labute approximate surface area is 177 Å². The fraction of sp³-hybridized carbons (Fsp3) is 0.706. The van der Waals surface area contributed by atoms with E-state index in [4.69, 9.17) is 5.73 Å². The highest BCUT2D eigenvalue weighted by Gasteiger charge is 2.19. The van der Waals surface area contributed by atoms with Gasteiger partial charge in [0, 0.05) is 50.7 Å². The van der Waals surface area contributed by atoms with Crippen molar-refractivity contribution < 1.29 is 9.53 Å². The summed E-state index contributed by atoms with van der Waals surface area (Å²) in [5, 5.41) is 3.09. The van der Waals surface area contributed by atoms with Crippen LogP contribution in [0.3, 0.4) is 0 Å². The van der Waals surface area contributed by atoms with E-state index in [0.29, 0.717) is 12.4 Å². The third-order valence-electron chi connectivity index (χ3n) is 4.33. The Morgan fingerprint density at radius 3 is 2.58 bits per heavy atom. The van der Waals surface area contributed by atoms with Gasteiger partial charge in [-0.05, 0) is 12.8 Å². The lowest BCUT2D eigenvalue weighted by atomic mass is 10.1. The Balaban J connectivity index is 0.00000338. The third kappa shape index (κ3) is 8.07. The Morgan fingerprint density at radius 2 is 1.92 bits per heavy atom. The minimum Gasteiger partial charge on any atom is -0.469 e. The van der Waals surface area contributed by atoms with Gasteiger partial charge in [0.2, 0.25) is 0 Å². The molecule has 1 aromatic rings. The van der Waals surface area contributed by atoms with Crippen LogP contribution in [0.4, 0.5) is 5.13 Å². The van der Waals surface area contributed by atoms with E-state index in [1.165, 1.54) is 7.11 Å². The molecule has 9 heteroatoms. The van der Waals surface area contributed by atoms with Crippen molar-refractivity contribution in [1.29, 1.82) is 0 Å². The fourth-order valence-electron chi connectivity index (χ4n) is 2.81. The number of hydrogen-bond donors (Lipinski definition) is 1. The maximum absolute atomic E-state index is 11.0.